The van der Waals surface area contributed by atoms with E-state index >= 15 is 0 Å². The third-order valence-corrected chi connectivity index (χ3v) is 5.34. The maximum Gasteiger partial charge on any atom is 0.329 e. The zero-order valence-corrected chi connectivity index (χ0v) is 14.4. The number of aliphatic carboxylic acids is 1. The molecule has 8 nitrogen and oxygen atoms in total. The number of likely N-dealkylation sites (tertiary alicyclic amines) is 1. The number of amides is 2. The monoisotopic (exact) mass is 358 g/mol. The van der Waals surface area contributed by atoms with Crippen LogP contribution in [-0.4, -0.2) is 57.3 Å². The number of carboxylic acids is 1. The van der Waals surface area contributed by atoms with Gasteiger partial charge in [0.15, 0.2) is 0 Å². The first-order chi connectivity index (χ1) is 12.6. The zero-order valence-electron chi connectivity index (χ0n) is 14.4. The fraction of sp³-hybridized carbons (Fsp3) is 0.500. The van der Waals surface area contributed by atoms with Crippen molar-refractivity contribution in [1.82, 2.24) is 20.2 Å². The fourth-order valence-corrected chi connectivity index (χ4v) is 3.81. The van der Waals surface area contributed by atoms with Crippen molar-refractivity contribution in [2.45, 2.75) is 37.3 Å². The Hall–Kier alpha value is -2.61. The molecule has 2 aliphatic rings. The maximum absolute atomic E-state index is 12.9. The Bertz CT molecular complexity index is 794. The zero-order chi connectivity index (χ0) is 18.1. The molecule has 3 N–H and O–H groups in total. The molecule has 4 rings (SSSR count). The summed E-state index contributed by atoms with van der Waals surface area (Å²) in [6.07, 6.45) is 2.21. The Kier molecular flexibility index (Phi) is 4.28. The van der Waals surface area contributed by atoms with Gasteiger partial charge in [0.05, 0.1) is 17.1 Å². The van der Waals surface area contributed by atoms with Gasteiger partial charge in [-0.3, -0.25) is 0 Å². The van der Waals surface area contributed by atoms with Crippen LogP contribution in [0.2, 0.25) is 0 Å². The number of aromatic nitrogens is 2. The second-order valence-corrected chi connectivity index (χ2v) is 6.92. The summed E-state index contributed by atoms with van der Waals surface area (Å²) >= 11 is 0. The van der Waals surface area contributed by atoms with Crippen LogP contribution in [0.15, 0.2) is 24.3 Å². The lowest BCUT2D eigenvalue weighted by Gasteiger charge is -2.36. The molecule has 0 aliphatic carbocycles. The number of H-pyrrole nitrogens is 1. The Morgan fingerprint density at radius 2 is 2.08 bits per heavy atom. The highest BCUT2D eigenvalue weighted by molar-refractivity contribution is 5.86. The van der Waals surface area contributed by atoms with E-state index in [4.69, 9.17) is 4.74 Å². The second-order valence-electron chi connectivity index (χ2n) is 6.92. The van der Waals surface area contributed by atoms with Gasteiger partial charge in [-0.15, -0.1) is 0 Å². The third kappa shape index (κ3) is 2.90. The van der Waals surface area contributed by atoms with Gasteiger partial charge < -0.3 is 25.0 Å². The molecule has 1 atom stereocenters. The number of hydrogen-bond acceptors (Lipinski definition) is 4. The highest BCUT2D eigenvalue weighted by Gasteiger charge is 2.44. The summed E-state index contributed by atoms with van der Waals surface area (Å²) in [4.78, 5) is 34.3. The summed E-state index contributed by atoms with van der Waals surface area (Å²) in [7, 11) is 0. The average molecular weight is 358 g/mol. The standard InChI is InChI=1S/C18H22N4O4/c23-16(24)18(7-10-26-11-8-18)21-17(25)22-9-3-6-14(22)15-19-12-4-1-2-5-13(12)20-15/h1-2,4-5,14H,3,6-11H2,(H,19,20)(H,21,25)(H,23,24)/t14-/m0/s1. The van der Waals surface area contributed by atoms with Crippen LogP contribution in [0.5, 0.6) is 0 Å². The van der Waals surface area contributed by atoms with Crippen molar-refractivity contribution in [2.75, 3.05) is 19.8 Å². The minimum Gasteiger partial charge on any atom is -0.480 e. The summed E-state index contributed by atoms with van der Waals surface area (Å²) in [6, 6.07) is 7.22. The first-order valence-electron chi connectivity index (χ1n) is 8.94. The molecule has 2 aliphatic heterocycles. The molecular formula is C18H22N4O4. The Morgan fingerprint density at radius 3 is 2.81 bits per heavy atom. The first-order valence-corrected chi connectivity index (χ1v) is 8.94. The summed E-state index contributed by atoms with van der Waals surface area (Å²) in [5.41, 5.74) is 0.540. The van der Waals surface area contributed by atoms with Crippen LogP contribution in [0.4, 0.5) is 4.79 Å². The molecule has 1 aromatic carbocycles. The number of rotatable bonds is 3. The highest BCUT2D eigenvalue weighted by Crippen LogP contribution is 2.32. The highest BCUT2D eigenvalue weighted by atomic mass is 16.5. The van der Waals surface area contributed by atoms with Crippen molar-refractivity contribution < 1.29 is 19.4 Å². The number of imidazole rings is 1. The molecule has 26 heavy (non-hydrogen) atoms. The number of urea groups is 1. The van der Waals surface area contributed by atoms with E-state index in [9.17, 15) is 14.7 Å². The van der Waals surface area contributed by atoms with E-state index in [1.165, 1.54) is 0 Å². The van der Waals surface area contributed by atoms with Gasteiger partial charge in [-0.1, -0.05) is 12.1 Å². The smallest absolute Gasteiger partial charge is 0.329 e. The van der Waals surface area contributed by atoms with Crippen molar-refractivity contribution in [1.29, 1.82) is 0 Å². The van der Waals surface area contributed by atoms with E-state index in [-0.39, 0.29) is 24.9 Å². The summed E-state index contributed by atoms with van der Waals surface area (Å²) < 4.78 is 5.26. The van der Waals surface area contributed by atoms with Crippen LogP contribution < -0.4 is 5.32 Å². The number of para-hydroxylation sites is 2. The van der Waals surface area contributed by atoms with E-state index in [2.05, 4.69) is 15.3 Å². The quantitative estimate of drug-likeness (QED) is 0.778. The van der Waals surface area contributed by atoms with Gasteiger partial charge in [-0.05, 0) is 25.0 Å². The average Bonchev–Trinajstić information content (AvgIpc) is 3.29. The SMILES string of the molecule is O=C(NC1(C(=O)O)CCOCC1)N1CCC[C@H]1c1nc2ccccc2[nH]1. The number of benzene rings is 1. The molecule has 2 saturated heterocycles. The van der Waals surface area contributed by atoms with E-state index in [1.807, 2.05) is 24.3 Å². The van der Waals surface area contributed by atoms with Gasteiger partial charge in [-0.25, -0.2) is 14.6 Å². The van der Waals surface area contributed by atoms with Crippen LogP contribution in [-0.2, 0) is 9.53 Å². The number of carbonyl (C=O) groups excluding carboxylic acids is 1. The predicted molar refractivity (Wildman–Crippen MR) is 93.7 cm³/mol. The molecule has 2 fully saturated rings. The van der Waals surface area contributed by atoms with Crippen LogP contribution in [0.3, 0.4) is 0 Å². The number of ether oxygens (including phenoxy) is 1. The lowest BCUT2D eigenvalue weighted by molar-refractivity contribution is -0.148. The first kappa shape index (κ1) is 16.8. The lowest BCUT2D eigenvalue weighted by atomic mass is 9.90. The molecule has 0 unspecified atom stereocenters. The van der Waals surface area contributed by atoms with E-state index in [1.54, 1.807) is 4.90 Å². The molecule has 1 aromatic heterocycles. The summed E-state index contributed by atoms with van der Waals surface area (Å²) in [5, 5.41) is 12.4. The van der Waals surface area contributed by atoms with E-state index < -0.39 is 11.5 Å². The summed E-state index contributed by atoms with van der Waals surface area (Å²) in [6.45, 7) is 1.25. The molecule has 2 amide bonds. The number of hydrogen-bond donors (Lipinski definition) is 3. The van der Waals surface area contributed by atoms with Crippen LogP contribution >= 0.6 is 0 Å². The van der Waals surface area contributed by atoms with E-state index in [0.717, 1.165) is 29.7 Å². The molecule has 138 valence electrons. The molecule has 0 spiro atoms. The van der Waals surface area contributed by atoms with E-state index in [0.29, 0.717) is 19.8 Å². The van der Waals surface area contributed by atoms with Crippen LogP contribution in [0.25, 0.3) is 11.0 Å². The molecule has 8 heteroatoms. The third-order valence-electron chi connectivity index (χ3n) is 5.34. The molecule has 3 heterocycles. The Balaban J connectivity index is 1.55. The van der Waals surface area contributed by atoms with Crippen molar-refractivity contribution in [2.24, 2.45) is 0 Å². The van der Waals surface area contributed by atoms with Crippen molar-refractivity contribution in [3.8, 4) is 0 Å². The largest absolute Gasteiger partial charge is 0.480 e. The second kappa shape index (κ2) is 6.60. The number of nitrogens with zero attached hydrogens (tertiary/aromatic N) is 2. The van der Waals surface area contributed by atoms with Crippen LogP contribution in [0.1, 0.15) is 37.5 Å². The van der Waals surface area contributed by atoms with Gasteiger partial charge in [0.25, 0.3) is 0 Å². The topological polar surface area (TPSA) is 108 Å². The summed E-state index contributed by atoms with van der Waals surface area (Å²) in [5.74, 6) is -0.260. The van der Waals surface area contributed by atoms with Gasteiger partial charge in [0, 0.05) is 32.6 Å². The minimum absolute atomic E-state index is 0.173. The number of carboxylic acid groups (broad SMARTS) is 1. The molecule has 2 aromatic rings. The Morgan fingerprint density at radius 1 is 1.31 bits per heavy atom. The van der Waals surface area contributed by atoms with Crippen LogP contribution in [0, 0.1) is 0 Å². The van der Waals surface area contributed by atoms with Crippen molar-refractivity contribution in [3.63, 3.8) is 0 Å². The number of aromatic amines is 1. The number of carbonyl (C=O) groups is 2. The molecule has 0 saturated carbocycles. The molecule has 0 radical (unpaired) electrons. The Labute approximate surface area is 150 Å². The maximum atomic E-state index is 12.9. The number of nitrogens with one attached hydrogen (secondary N) is 2. The lowest BCUT2D eigenvalue weighted by Crippen LogP contribution is -2.60. The normalized spacial score (nSPS) is 22.5. The van der Waals surface area contributed by atoms with Gasteiger partial charge in [-0.2, -0.15) is 0 Å². The predicted octanol–water partition coefficient (Wildman–Crippen LogP) is 2.04. The molecule has 0 bridgehead atoms. The number of fused-ring (bicyclic) bond motifs is 1. The van der Waals surface area contributed by atoms with Gasteiger partial charge in [0.2, 0.25) is 0 Å². The van der Waals surface area contributed by atoms with Gasteiger partial charge in [0.1, 0.15) is 11.4 Å². The molecular weight excluding hydrogens is 336 g/mol. The van der Waals surface area contributed by atoms with Crippen molar-refractivity contribution >= 4 is 23.0 Å². The van der Waals surface area contributed by atoms with Gasteiger partial charge >= 0.3 is 12.0 Å². The minimum atomic E-state index is -1.25. The fourth-order valence-electron chi connectivity index (χ4n) is 3.81. The van der Waals surface area contributed by atoms with Crippen molar-refractivity contribution in [3.05, 3.63) is 30.1 Å².